The van der Waals surface area contributed by atoms with Crippen LogP contribution in [0.15, 0.2) is 24.3 Å². The molecule has 4 nitrogen and oxygen atoms in total. The molecule has 0 atom stereocenters. The number of benzene rings is 1. The highest BCUT2D eigenvalue weighted by molar-refractivity contribution is 6.30. The summed E-state index contributed by atoms with van der Waals surface area (Å²) in [5.74, 6) is 1.25. The van der Waals surface area contributed by atoms with E-state index in [-0.39, 0.29) is 12.5 Å². The van der Waals surface area contributed by atoms with Crippen molar-refractivity contribution in [2.45, 2.75) is 12.8 Å². The quantitative estimate of drug-likeness (QED) is 0.918. The summed E-state index contributed by atoms with van der Waals surface area (Å²) in [5, 5.41) is 0.655. The molecule has 1 aliphatic heterocycles. The van der Waals surface area contributed by atoms with Crippen molar-refractivity contribution in [1.29, 1.82) is 0 Å². The van der Waals surface area contributed by atoms with E-state index < -0.39 is 0 Å². The van der Waals surface area contributed by atoms with Gasteiger partial charge >= 0.3 is 0 Å². The number of hydrogen-bond acceptors (Lipinski definition) is 3. The zero-order valence-corrected chi connectivity index (χ0v) is 11.6. The second kappa shape index (κ2) is 6.78. The Morgan fingerprint density at radius 1 is 1.32 bits per heavy atom. The molecule has 2 N–H and O–H groups in total. The van der Waals surface area contributed by atoms with Gasteiger partial charge in [0.25, 0.3) is 5.91 Å². The van der Waals surface area contributed by atoms with Crippen molar-refractivity contribution in [2.75, 3.05) is 26.2 Å². The lowest BCUT2D eigenvalue weighted by atomic mass is 9.97. The number of nitrogens with two attached hydrogens (primary N) is 1. The normalized spacial score (nSPS) is 16.4. The van der Waals surface area contributed by atoms with Crippen LogP contribution in [0.4, 0.5) is 0 Å². The Bertz CT molecular complexity index is 414. The van der Waals surface area contributed by atoms with E-state index in [4.69, 9.17) is 22.1 Å². The van der Waals surface area contributed by atoms with E-state index in [0.29, 0.717) is 23.2 Å². The van der Waals surface area contributed by atoms with Gasteiger partial charge in [0.05, 0.1) is 0 Å². The van der Waals surface area contributed by atoms with Gasteiger partial charge in [-0.25, -0.2) is 0 Å². The fourth-order valence-electron chi connectivity index (χ4n) is 2.19. The number of ether oxygens (including phenoxy) is 1. The molecule has 1 aromatic carbocycles. The Morgan fingerprint density at radius 2 is 1.95 bits per heavy atom. The second-order valence-electron chi connectivity index (χ2n) is 4.80. The summed E-state index contributed by atoms with van der Waals surface area (Å²) >= 11 is 5.78. The van der Waals surface area contributed by atoms with Crippen LogP contribution in [0.3, 0.4) is 0 Å². The Hall–Kier alpha value is -1.26. The number of hydrogen-bond donors (Lipinski definition) is 1. The molecule has 1 heterocycles. The number of nitrogens with zero attached hydrogens (tertiary/aromatic N) is 1. The van der Waals surface area contributed by atoms with Crippen LogP contribution in [-0.2, 0) is 4.79 Å². The molecule has 0 bridgehead atoms. The molecule has 0 saturated carbocycles. The summed E-state index contributed by atoms with van der Waals surface area (Å²) < 4.78 is 5.45. The Morgan fingerprint density at radius 3 is 2.53 bits per heavy atom. The molecule has 0 aliphatic carbocycles. The third-order valence-electron chi connectivity index (χ3n) is 3.48. The fraction of sp³-hybridized carbons (Fsp3) is 0.500. The summed E-state index contributed by atoms with van der Waals surface area (Å²) in [4.78, 5) is 13.8. The number of rotatable bonds is 4. The van der Waals surface area contributed by atoms with Crippen LogP contribution in [0.25, 0.3) is 0 Å². The van der Waals surface area contributed by atoms with Gasteiger partial charge in [0.1, 0.15) is 5.75 Å². The van der Waals surface area contributed by atoms with Gasteiger partial charge in [0, 0.05) is 18.1 Å². The molecule has 0 unspecified atom stereocenters. The monoisotopic (exact) mass is 282 g/mol. The summed E-state index contributed by atoms with van der Waals surface area (Å²) in [7, 11) is 0. The van der Waals surface area contributed by atoms with Crippen molar-refractivity contribution < 1.29 is 9.53 Å². The number of piperidine rings is 1. The van der Waals surface area contributed by atoms with Crippen molar-refractivity contribution in [2.24, 2.45) is 11.7 Å². The molecule has 1 aromatic rings. The Kier molecular flexibility index (Phi) is 5.05. The standard InChI is InChI=1S/C14H19ClN2O2/c15-12-1-3-13(4-2-12)19-10-14(18)17-7-5-11(9-16)6-8-17/h1-4,11H,5-10,16H2. The molecular weight excluding hydrogens is 264 g/mol. The first-order valence-corrected chi connectivity index (χ1v) is 6.93. The van der Waals surface area contributed by atoms with Gasteiger partial charge in [-0.05, 0) is 49.6 Å². The van der Waals surface area contributed by atoms with Crippen LogP contribution in [0.5, 0.6) is 5.75 Å². The molecule has 1 saturated heterocycles. The van der Waals surface area contributed by atoms with Crippen LogP contribution in [0.2, 0.25) is 5.02 Å². The summed E-state index contributed by atoms with van der Waals surface area (Å²) in [6.07, 6.45) is 1.98. The highest BCUT2D eigenvalue weighted by atomic mass is 35.5. The van der Waals surface area contributed by atoms with E-state index in [1.807, 2.05) is 4.90 Å². The van der Waals surface area contributed by atoms with Gasteiger partial charge < -0.3 is 15.4 Å². The highest BCUT2D eigenvalue weighted by Gasteiger charge is 2.21. The zero-order valence-electron chi connectivity index (χ0n) is 10.8. The lowest BCUT2D eigenvalue weighted by Gasteiger charge is -2.31. The first-order chi connectivity index (χ1) is 9.19. The van der Waals surface area contributed by atoms with E-state index in [1.165, 1.54) is 0 Å². The maximum absolute atomic E-state index is 12.0. The average Bonchev–Trinajstić information content (AvgIpc) is 2.46. The molecule has 1 aliphatic rings. The van der Waals surface area contributed by atoms with E-state index >= 15 is 0 Å². The lowest BCUT2D eigenvalue weighted by molar-refractivity contribution is -0.134. The Labute approximate surface area is 118 Å². The van der Waals surface area contributed by atoms with Crippen LogP contribution < -0.4 is 10.5 Å². The van der Waals surface area contributed by atoms with Gasteiger partial charge in [-0.15, -0.1) is 0 Å². The maximum Gasteiger partial charge on any atom is 0.260 e. The van der Waals surface area contributed by atoms with Crippen molar-refractivity contribution in [1.82, 2.24) is 4.90 Å². The van der Waals surface area contributed by atoms with Crippen molar-refractivity contribution in [3.8, 4) is 5.75 Å². The molecule has 2 rings (SSSR count). The molecule has 19 heavy (non-hydrogen) atoms. The second-order valence-corrected chi connectivity index (χ2v) is 5.24. The van der Waals surface area contributed by atoms with Crippen molar-refractivity contribution in [3.05, 3.63) is 29.3 Å². The number of halogens is 1. The molecule has 1 amide bonds. The average molecular weight is 283 g/mol. The third kappa shape index (κ3) is 4.11. The van der Waals surface area contributed by atoms with Crippen LogP contribution >= 0.6 is 11.6 Å². The van der Waals surface area contributed by atoms with Gasteiger partial charge in [-0.1, -0.05) is 11.6 Å². The number of likely N-dealkylation sites (tertiary alicyclic amines) is 1. The minimum absolute atomic E-state index is 0.0328. The van der Waals surface area contributed by atoms with Gasteiger partial charge in [0.2, 0.25) is 0 Å². The number of amides is 1. The molecule has 1 fully saturated rings. The van der Waals surface area contributed by atoms with E-state index in [9.17, 15) is 4.79 Å². The first-order valence-electron chi connectivity index (χ1n) is 6.55. The number of carbonyl (C=O) groups is 1. The lowest BCUT2D eigenvalue weighted by Crippen LogP contribution is -2.42. The van der Waals surface area contributed by atoms with Gasteiger partial charge in [0.15, 0.2) is 6.61 Å². The highest BCUT2D eigenvalue weighted by Crippen LogP contribution is 2.17. The summed E-state index contributed by atoms with van der Waals surface area (Å²) in [6.45, 7) is 2.35. The minimum atomic E-state index is 0.0328. The van der Waals surface area contributed by atoms with Crippen LogP contribution in [0, 0.1) is 5.92 Å². The Balaban J connectivity index is 1.77. The maximum atomic E-state index is 12.0. The predicted octanol–water partition coefficient (Wildman–Crippen LogP) is 1.92. The number of carbonyl (C=O) groups excluding carboxylic acids is 1. The van der Waals surface area contributed by atoms with Gasteiger partial charge in [-0.2, -0.15) is 0 Å². The zero-order chi connectivity index (χ0) is 13.7. The van der Waals surface area contributed by atoms with Crippen molar-refractivity contribution >= 4 is 17.5 Å². The molecule has 0 spiro atoms. The van der Waals surface area contributed by atoms with Gasteiger partial charge in [-0.3, -0.25) is 4.79 Å². The molecular formula is C14H19ClN2O2. The van der Waals surface area contributed by atoms with E-state index in [2.05, 4.69) is 0 Å². The van der Waals surface area contributed by atoms with E-state index in [0.717, 1.165) is 25.9 Å². The predicted molar refractivity (Wildman–Crippen MR) is 75.3 cm³/mol. The molecule has 0 radical (unpaired) electrons. The van der Waals surface area contributed by atoms with Crippen molar-refractivity contribution in [3.63, 3.8) is 0 Å². The van der Waals surface area contributed by atoms with E-state index in [1.54, 1.807) is 24.3 Å². The SMILES string of the molecule is NCC1CCN(C(=O)COc2ccc(Cl)cc2)CC1. The largest absolute Gasteiger partial charge is 0.484 e. The molecule has 5 heteroatoms. The molecule has 0 aromatic heterocycles. The summed E-state index contributed by atoms with van der Waals surface area (Å²) in [5.41, 5.74) is 5.63. The van der Waals surface area contributed by atoms with Crippen LogP contribution in [-0.4, -0.2) is 37.0 Å². The first kappa shape index (κ1) is 14.2. The smallest absolute Gasteiger partial charge is 0.260 e. The third-order valence-corrected chi connectivity index (χ3v) is 3.73. The fourth-order valence-corrected chi connectivity index (χ4v) is 2.31. The summed E-state index contributed by atoms with van der Waals surface area (Å²) in [6, 6.07) is 7.01. The van der Waals surface area contributed by atoms with Crippen LogP contribution in [0.1, 0.15) is 12.8 Å². The topological polar surface area (TPSA) is 55.6 Å². The molecule has 104 valence electrons. The minimum Gasteiger partial charge on any atom is -0.484 e.